The summed E-state index contributed by atoms with van der Waals surface area (Å²) in [7, 11) is 0. The Bertz CT molecular complexity index is 782. The zero-order valence-corrected chi connectivity index (χ0v) is 15.0. The maximum Gasteiger partial charge on any atom is 0.281 e. The number of nitrogens with zero attached hydrogens (tertiary/aromatic N) is 1. The first-order valence-corrected chi connectivity index (χ1v) is 8.86. The number of aryl methyl sites for hydroxylation is 1. The smallest absolute Gasteiger partial charge is 0.281 e. The molecule has 1 saturated heterocycles. The number of nitrogens with one attached hydrogen (secondary N) is 1. The second kappa shape index (κ2) is 6.32. The van der Waals surface area contributed by atoms with Gasteiger partial charge in [-0.1, -0.05) is 19.1 Å². The van der Waals surface area contributed by atoms with E-state index in [-0.39, 0.29) is 5.91 Å². The van der Waals surface area contributed by atoms with E-state index in [4.69, 9.17) is 12.2 Å². The maximum atomic E-state index is 12.6. The zero-order valence-electron chi connectivity index (χ0n) is 11.8. The maximum absolute atomic E-state index is 12.6. The zero-order chi connectivity index (χ0) is 15.7. The van der Waals surface area contributed by atoms with E-state index < -0.39 is 0 Å². The van der Waals surface area contributed by atoms with Crippen molar-refractivity contribution in [3.8, 4) is 0 Å². The van der Waals surface area contributed by atoms with Crippen LogP contribution in [0, 0.1) is 0 Å². The molecule has 112 valence electrons. The summed E-state index contributed by atoms with van der Waals surface area (Å²) in [5.74, 6) is -0.122. The number of carbonyl (C=O) groups excluding carboxylic acids is 1. The van der Waals surface area contributed by atoms with Crippen LogP contribution < -0.4 is 10.2 Å². The first-order chi connectivity index (χ1) is 10.6. The third kappa shape index (κ3) is 2.99. The number of amides is 1. The lowest BCUT2D eigenvalue weighted by Crippen LogP contribution is -2.30. The molecule has 3 nitrogen and oxygen atoms in total. The van der Waals surface area contributed by atoms with Gasteiger partial charge in [0.25, 0.3) is 5.91 Å². The van der Waals surface area contributed by atoms with E-state index >= 15 is 0 Å². The molecule has 0 spiro atoms. The molecule has 1 fully saturated rings. The van der Waals surface area contributed by atoms with Gasteiger partial charge in [0.05, 0.1) is 5.69 Å². The summed E-state index contributed by atoms with van der Waals surface area (Å²) in [4.78, 5) is 15.2. The van der Waals surface area contributed by atoms with E-state index in [9.17, 15) is 4.79 Å². The molecule has 0 bridgehead atoms. The molecular formula is C16H13BrN2OS2. The highest BCUT2D eigenvalue weighted by Crippen LogP contribution is 2.26. The molecule has 1 aliphatic rings. The van der Waals surface area contributed by atoms with E-state index in [0.29, 0.717) is 10.8 Å². The third-order valence-electron chi connectivity index (χ3n) is 3.33. The second-order valence-corrected chi connectivity index (χ2v) is 7.06. The van der Waals surface area contributed by atoms with Crippen molar-refractivity contribution >= 4 is 62.3 Å². The number of hydrogen-bond acceptors (Lipinski definition) is 3. The van der Waals surface area contributed by atoms with Crippen LogP contribution in [0.25, 0.3) is 6.08 Å². The number of benzene rings is 1. The molecule has 1 amide bonds. The Morgan fingerprint density at radius 2 is 2.23 bits per heavy atom. The van der Waals surface area contributed by atoms with Crippen molar-refractivity contribution in [3.63, 3.8) is 0 Å². The van der Waals surface area contributed by atoms with Gasteiger partial charge in [-0.05, 0) is 64.4 Å². The molecule has 0 unspecified atom stereocenters. The molecule has 1 N–H and O–H groups in total. The molecule has 22 heavy (non-hydrogen) atoms. The van der Waals surface area contributed by atoms with Crippen molar-refractivity contribution in [2.45, 2.75) is 13.3 Å². The standard InChI is InChI=1S/C16H13BrN2OS2/c1-2-10-4-3-5-12(6-10)19-15(20)14(18-16(19)21)8-13-7-11(17)9-22-13/h3-9H,2H2,1H3,(H,18,21)/b14-8+. The molecule has 1 aromatic carbocycles. The van der Waals surface area contributed by atoms with Crippen LogP contribution in [0.1, 0.15) is 17.4 Å². The Hall–Kier alpha value is -1.50. The van der Waals surface area contributed by atoms with Gasteiger partial charge in [0.15, 0.2) is 5.11 Å². The topological polar surface area (TPSA) is 32.3 Å². The molecule has 0 saturated carbocycles. The van der Waals surface area contributed by atoms with Gasteiger partial charge in [0.1, 0.15) is 5.70 Å². The number of hydrogen-bond donors (Lipinski definition) is 1. The lowest BCUT2D eigenvalue weighted by atomic mass is 10.1. The highest BCUT2D eigenvalue weighted by molar-refractivity contribution is 9.10. The highest BCUT2D eigenvalue weighted by atomic mass is 79.9. The van der Waals surface area contributed by atoms with Crippen LogP contribution in [-0.2, 0) is 11.2 Å². The molecule has 0 radical (unpaired) electrons. The normalized spacial score (nSPS) is 16.5. The molecule has 0 atom stereocenters. The van der Waals surface area contributed by atoms with Gasteiger partial charge < -0.3 is 5.32 Å². The average Bonchev–Trinajstić information content (AvgIpc) is 3.03. The molecule has 2 heterocycles. The molecule has 3 rings (SSSR count). The summed E-state index contributed by atoms with van der Waals surface area (Å²) in [5.41, 5.74) is 2.48. The fourth-order valence-corrected chi connectivity index (χ4v) is 3.91. The second-order valence-electron chi connectivity index (χ2n) is 4.82. The number of carbonyl (C=O) groups is 1. The minimum Gasteiger partial charge on any atom is -0.327 e. The first kappa shape index (κ1) is 15.4. The van der Waals surface area contributed by atoms with Crippen LogP contribution in [0.15, 0.2) is 45.9 Å². The molecule has 1 aliphatic heterocycles. The summed E-state index contributed by atoms with van der Waals surface area (Å²) < 4.78 is 1.00. The van der Waals surface area contributed by atoms with E-state index in [2.05, 4.69) is 28.2 Å². The van der Waals surface area contributed by atoms with Crippen LogP contribution in [0.4, 0.5) is 5.69 Å². The van der Waals surface area contributed by atoms with Crippen molar-refractivity contribution in [2.75, 3.05) is 4.90 Å². The lowest BCUT2D eigenvalue weighted by Gasteiger charge is -2.14. The van der Waals surface area contributed by atoms with Crippen LogP contribution in [-0.4, -0.2) is 11.0 Å². The van der Waals surface area contributed by atoms with E-state index in [1.807, 2.05) is 41.8 Å². The summed E-state index contributed by atoms with van der Waals surface area (Å²) >= 11 is 10.3. The van der Waals surface area contributed by atoms with Gasteiger partial charge >= 0.3 is 0 Å². The van der Waals surface area contributed by atoms with Crippen LogP contribution in [0.3, 0.4) is 0 Å². The quantitative estimate of drug-likeness (QED) is 0.622. The van der Waals surface area contributed by atoms with E-state index in [1.165, 1.54) is 5.56 Å². The van der Waals surface area contributed by atoms with Gasteiger partial charge in [-0.2, -0.15) is 0 Å². The summed E-state index contributed by atoms with van der Waals surface area (Å²) in [5, 5.41) is 5.40. The van der Waals surface area contributed by atoms with Crippen LogP contribution >= 0.6 is 39.5 Å². The number of halogens is 1. The predicted molar refractivity (Wildman–Crippen MR) is 99.0 cm³/mol. The minimum absolute atomic E-state index is 0.122. The largest absolute Gasteiger partial charge is 0.327 e. The van der Waals surface area contributed by atoms with Gasteiger partial charge in [-0.25, -0.2) is 0 Å². The van der Waals surface area contributed by atoms with Crippen LogP contribution in [0.5, 0.6) is 0 Å². The van der Waals surface area contributed by atoms with Gasteiger partial charge in [-0.15, -0.1) is 11.3 Å². The molecule has 6 heteroatoms. The van der Waals surface area contributed by atoms with Crippen molar-refractivity contribution in [2.24, 2.45) is 0 Å². The Morgan fingerprint density at radius 1 is 1.41 bits per heavy atom. The fraction of sp³-hybridized carbons (Fsp3) is 0.125. The highest BCUT2D eigenvalue weighted by Gasteiger charge is 2.32. The minimum atomic E-state index is -0.122. The summed E-state index contributed by atoms with van der Waals surface area (Å²) in [6.45, 7) is 2.08. The van der Waals surface area contributed by atoms with Crippen LogP contribution in [0.2, 0.25) is 0 Å². The number of thiocarbonyl (C=S) groups is 1. The molecule has 0 aliphatic carbocycles. The van der Waals surface area contributed by atoms with Crippen molar-refractivity contribution in [1.29, 1.82) is 0 Å². The van der Waals surface area contributed by atoms with Crippen molar-refractivity contribution < 1.29 is 4.79 Å². The number of rotatable bonds is 3. The SMILES string of the molecule is CCc1cccc(N2C(=O)/C(=C\c3cc(Br)cs3)NC2=S)c1. The van der Waals surface area contributed by atoms with Gasteiger partial charge in [-0.3, -0.25) is 9.69 Å². The average molecular weight is 393 g/mol. The summed E-state index contributed by atoms with van der Waals surface area (Å²) in [6.07, 6.45) is 2.75. The third-order valence-corrected chi connectivity index (χ3v) is 5.25. The van der Waals surface area contributed by atoms with Gasteiger partial charge in [0.2, 0.25) is 0 Å². The Labute approximate surface area is 146 Å². The lowest BCUT2D eigenvalue weighted by molar-refractivity contribution is -0.113. The van der Waals surface area contributed by atoms with E-state index in [1.54, 1.807) is 16.2 Å². The van der Waals surface area contributed by atoms with Gasteiger partial charge in [0, 0.05) is 14.7 Å². The Balaban J connectivity index is 1.92. The first-order valence-electron chi connectivity index (χ1n) is 6.78. The van der Waals surface area contributed by atoms with Crippen molar-refractivity contribution in [1.82, 2.24) is 5.32 Å². The van der Waals surface area contributed by atoms with Crippen molar-refractivity contribution in [3.05, 3.63) is 56.3 Å². The monoisotopic (exact) mass is 392 g/mol. The number of thiophene rings is 1. The predicted octanol–water partition coefficient (Wildman–Crippen LogP) is 4.34. The molecule has 1 aromatic heterocycles. The Kier molecular flexibility index (Phi) is 4.42. The number of anilines is 1. The Morgan fingerprint density at radius 3 is 2.91 bits per heavy atom. The summed E-state index contributed by atoms with van der Waals surface area (Å²) in [6, 6.07) is 9.85. The molecular weight excluding hydrogens is 380 g/mol. The molecule has 2 aromatic rings. The fourth-order valence-electron chi connectivity index (χ4n) is 2.23. The van der Waals surface area contributed by atoms with E-state index in [0.717, 1.165) is 21.5 Å².